The summed E-state index contributed by atoms with van der Waals surface area (Å²) in [5.41, 5.74) is -0.884. The van der Waals surface area contributed by atoms with Crippen molar-refractivity contribution in [2.24, 2.45) is 5.41 Å². The number of aliphatic hydroxyl groups is 1. The van der Waals surface area contributed by atoms with Gasteiger partial charge < -0.3 is 15.1 Å². The number of amides is 1. The molecule has 2 rings (SSSR count). The number of nitrogens with zero attached hydrogens (tertiary/aromatic N) is 1. The van der Waals surface area contributed by atoms with Crippen molar-refractivity contribution in [3.8, 4) is 0 Å². The first kappa shape index (κ1) is 10.5. The van der Waals surface area contributed by atoms with E-state index in [-0.39, 0.29) is 24.3 Å². The van der Waals surface area contributed by atoms with Crippen LogP contribution in [0.4, 0.5) is 0 Å². The lowest BCUT2D eigenvalue weighted by Gasteiger charge is -2.50. The van der Waals surface area contributed by atoms with E-state index in [1.807, 2.05) is 0 Å². The number of carbonyl (C=O) groups excluding carboxylic acids is 1. The number of carbonyl (C=O) groups is 2. The number of hydrogen-bond acceptors (Lipinski definition) is 4. The maximum Gasteiger partial charge on any atom is 0.353 e. The molecular weight excluding hydrogens is 218 g/mol. The molecule has 0 radical (unpaired) electrons. The lowest BCUT2D eigenvalue weighted by Crippen LogP contribution is -2.67. The largest absolute Gasteiger partial charge is 0.477 e. The first-order valence-corrected chi connectivity index (χ1v) is 4.98. The van der Waals surface area contributed by atoms with Gasteiger partial charge in [0.05, 0.1) is 18.1 Å². The Bertz CT molecular complexity index is 392. The van der Waals surface area contributed by atoms with Gasteiger partial charge in [-0.05, 0) is 6.92 Å². The maximum absolute atomic E-state index is 11.7. The van der Waals surface area contributed by atoms with Crippen LogP contribution < -0.4 is 0 Å². The number of thiol groups is 1. The highest BCUT2D eigenvalue weighted by atomic mass is 32.1. The van der Waals surface area contributed by atoms with Crippen LogP contribution in [-0.4, -0.2) is 39.6 Å². The Labute approximate surface area is 91.8 Å². The third kappa shape index (κ3) is 1.09. The maximum atomic E-state index is 11.7. The number of carboxylic acids is 1. The SMILES string of the molecule is CC1(CO)C(=O)N2C(C(=O)O)=C(S)CC21. The summed E-state index contributed by atoms with van der Waals surface area (Å²) in [7, 11) is 0. The molecule has 0 aromatic carbocycles. The molecule has 1 saturated heterocycles. The molecule has 2 aliphatic rings. The topological polar surface area (TPSA) is 77.8 Å². The molecule has 0 saturated carbocycles. The molecule has 0 aliphatic carbocycles. The molecule has 0 bridgehead atoms. The minimum Gasteiger partial charge on any atom is -0.477 e. The molecule has 2 atom stereocenters. The number of rotatable bonds is 2. The van der Waals surface area contributed by atoms with Gasteiger partial charge in [-0.15, -0.1) is 12.6 Å². The van der Waals surface area contributed by atoms with Crippen molar-refractivity contribution in [3.05, 3.63) is 10.6 Å². The van der Waals surface area contributed by atoms with E-state index in [4.69, 9.17) is 10.2 Å². The van der Waals surface area contributed by atoms with Crippen LogP contribution in [0.2, 0.25) is 0 Å². The standard InChI is InChI=1S/C9H11NO4S/c1-9(3-11)5-2-4(15)6(7(12)13)10(5)8(9)14/h5,11,15H,2-3H2,1H3,(H,12,13). The smallest absolute Gasteiger partial charge is 0.353 e. The van der Waals surface area contributed by atoms with Gasteiger partial charge in [-0.3, -0.25) is 4.79 Å². The van der Waals surface area contributed by atoms with E-state index >= 15 is 0 Å². The van der Waals surface area contributed by atoms with Crippen LogP contribution in [0.25, 0.3) is 0 Å². The molecule has 82 valence electrons. The number of hydrogen-bond donors (Lipinski definition) is 3. The van der Waals surface area contributed by atoms with Crippen molar-refractivity contribution in [2.45, 2.75) is 19.4 Å². The van der Waals surface area contributed by atoms with Crippen molar-refractivity contribution in [1.82, 2.24) is 4.90 Å². The first-order chi connectivity index (χ1) is 6.93. The van der Waals surface area contributed by atoms with Gasteiger partial charge in [0, 0.05) is 11.3 Å². The summed E-state index contributed by atoms with van der Waals surface area (Å²) in [5, 5.41) is 18.0. The molecule has 2 N–H and O–H groups in total. The molecule has 1 fully saturated rings. The monoisotopic (exact) mass is 229 g/mol. The van der Waals surface area contributed by atoms with E-state index < -0.39 is 11.4 Å². The molecule has 0 spiro atoms. The lowest BCUT2D eigenvalue weighted by molar-refractivity contribution is -0.170. The van der Waals surface area contributed by atoms with Crippen LogP contribution in [0.5, 0.6) is 0 Å². The van der Waals surface area contributed by atoms with E-state index in [2.05, 4.69) is 12.6 Å². The highest BCUT2D eigenvalue weighted by Crippen LogP contribution is 2.50. The van der Waals surface area contributed by atoms with Gasteiger partial charge in [0.2, 0.25) is 5.91 Å². The van der Waals surface area contributed by atoms with E-state index in [9.17, 15) is 9.59 Å². The fourth-order valence-electron chi connectivity index (χ4n) is 2.17. The second-order valence-corrected chi connectivity index (χ2v) is 4.61. The second kappa shape index (κ2) is 2.99. The molecule has 5 nitrogen and oxygen atoms in total. The molecule has 1 amide bonds. The minimum atomic E-state index is -1.14. The zero-order valence-corrected chi connectivity index (χ0v) is 8.99. The Morgan fingerprint density at radius 1 is 1.73 bits per heavy atom. The number of fused-ring (bicyclic) bond motifs is 1. The molecule has 2 unspecified atom stereocenters. The fourth-order valence-corrected chi connectivity index (χ4v) is 2.55. The van der Waals surface area contributed by atoms with Crippen molar-refractivity contribution >= 4 is 24.5 Å². The molecule has 2 heterocycles. The highest BCUT2D eigenvalue weighted by molar-refractivity contribution is 7.84. The zero-order chi connectivity index (χ0) is 11.4. The number of carboxylic acid groups (broad SMARTS) is 1. The van der Waals surface area contributed by atoms with Gasteiger partial charge in [-0.25, -0.2) is 4.79 Å². The Morgan fingerprint density at radius 2 is 2.33 bits per heavy atom. The predicted molar refractivity (Wildman–Crippen MR) is 54.1 cm³/mol. The third-order valence-corrected chi connectivity index (χ3v) is 3.58. The molecule has 0 aromatic heterocycles. The van der Waals surface area contributed by atoms with E-state index in [0.717, 1.165) is 0 Å². The van der Waals surface area contributed by atoms with Gasteiger partial charge >= 0.3 is 5.97 Å². The van der Waals surface area contributed by atoms with Gasteiger partial charge in [0.1, 0.15) is 5.70 Å². The average Bonchev–Trinajstić information content (AvgIpc) is 2.52. The summed E-state index contributed by atoms with van der Waals surface area (Å²) in [6.07, 6.45) is 0.410. The predicted octanol–water partition coefficient (Wildman–Crippen LogP) is -0.175. The van der Waals surface area contributed by atoms with Crippen LogP contribution in [0.1, 0.15) is 13.3 Å². The fraction of sp³-hybridized carbons (Fsp3) is 0.556. The summed E-state index contributed by atoms with van der Waals surface area (Å²) in [6, 6.07) is -0.256. The van der Waals surface area contributed by atoms with Gasteiger partial charge in [-0.1, -0.05) is 0 Å². The van der Waals surface area contributed by atoms with Crippen LogP contribution in [0.3, 0.4) is 0 Å². The summed E-state index contributed by atoms with van der Waals surface area (Å²) >= 11 is 4.07. The van der Waals surface area contributed by atoms with E-state index in [0.29, 0.717) is 11.3 Å². The van der Waals surface area contributed by atoms with E-state index in [1.54, 1.807) is 6.92 Å². The number of β-lactam (4-membered cyclic amide) rings is 1. The highest BCUT2D eigenvalue weighted by Gasteiger charge is 2.62. The summed E-state index contributed by atoms with van der Waals surface area (Å²) in [5.74, 6) is -1.48. The Morgan fingerprint density at radius 3 is 2.80 bits per heavy atom. The van der Waals surface area contributed by atoms with Gasteiger partial charge in [-0.2, -0.15) is 0 Å². The van der Waals surface area contributed by atoms with Crippen molar-refractivity contribution < 1.29 is 19.8 Å². The van der Waals surface area contributed by atoms with Crippen molar-refractivity contribution in [3.63, 3.8) is 0 Å². The second-order valence-electron chi connectivity index (χ2n) is 4.07. The first-order valence-electron chi connectivity index (χ1n) is 4.53. The Hall–Kier alpha value is -1.01. The van der Waals surface area contributed by atoms with Crippen LogP contribution >= 0.6 is 12.6 Å². The zero-order valence-electron chi connectivity index (χ0n) is 8.10. The van der Waals surface area contributed by atoms with E-state index in [1.165, 1.54) is 4.90 Å². The molecule has 0 aromatic rings. The summed E-state index contributed by atoms with van der Waals surface area (Å²) in [6.45, 7) is 1.38. The Kier molecular flexibility index (Phi) is 2.09. The molecule has 15 heavy (non-hydrogen) atoms. The summed E-state index contributed by atoms with van der Waals surface area (Å²) < 4.78 is 0. The Balaban J connectivity index is 2.35. The third-order valence-electron chi connectivity index (χ3n) is 3.19. The van der Waals surface area contributed by atoms with Gasteiger partial charge in [0.25, 0.3) is 0 Å². The van der Waals surface area contributed by atoms with Crippen molar-refractivity contribution in [2.75, 3.05) is 6.61 Å². The minimum absolute atomic E-state index is 0.0424. The molecular formula is C9H11NO4S. The van der Waals surface area contributed by atoms with Crippen molar-refractivity contribution in [1.29, 1.82) is 0 Å². The molecule has 2 aliphatic heterocycles. The van der Waals surface area contributed by atoms with Crippen LogP contribution in [0, 0.1) is 5.41 Å². The van der Waals surface area contributed by atoms with Crippen LogP contribution in [0.15, 0.2) is 10.6 Å². The number of aliphatic hydroxyl groups excluding tert-OH is 1. The van der Waals surface area contributed by atoms with Crippen LogP contribution in [-0.2, 0) is 9.59 Å². The normalized spacial score (nSPS) is 34.2. The molecule has 6 heteroatoms. The lowest BCUT2D eigenvalue weighted by atomic mass is 9.73. The average molecular weight is 229 g/mol. The summed E-state index contributed by atoms with van der Waals surface area (Å²) in [4.78, 5) is 24.2. The van der Waals surface area contributed by atoms with Gasteiger partial charge in [0.15, 0.2) is 0 Å². The number of aliphatic carboxylic acids is 1. The quantitative estimate of drug-likeness (QED) is 0.453.